The van der Waals surface area contributed by atoms with Crippen LogP contribution in [0.25, 0.3) is 0 Å². The summed E-state index contributed by atoms with van der Waals surface area (Å²) >= 11 is 1.70. The minimum absolute atomic E-state index is 0.267. The van der Waals surface area contributed by atoms with E-state index < -0.39 is 0 Å². The normalized spacial score (nSPS) is 21.3. The van der Waals surface area contributed by atoms with Gasteiger partial charge in [0.05, 0.1) is 36.7 Å². The lowest BCUT2D eigenvalue weighted by atomic mass is 10.1. The fourth-order valence-corrected chi connectivity index (χ4v) is 2.93. The summed E-state index contributed by atoms with van der Waals surface area (Å²) in [7, 11) is 0. The molecule has 0 radical (unpaired) electrons. The molecule has 96 valence electrons. The van der Waals surface area contributed by atoms with Crippen molar-refractivity contribution < 1.29 is 4.74 Å². The van der Waals surface area contributed by atoms with E-state index in [1.54, 1.807) is 11.3 Å². The number of aryl methyl sites for hydroxylation is 1. The number of rotatable bonds is 3. The summed E-state index contributed by atoms with van der Waals surface area (Å²) in [5.74, 6) is 0. The molecule has 3 rings (SSSR count). The molecular weight excluding hydrogens is 248 g/mol. The van der Waals surface area contributed by atoms with Gasteiger partial charge < -0.3 is 4.74 Å². The molecule has 1 N–H and O–H groups in total. The predicted octanol–water partition coefficient (Wildman–Crippen LogP) is 1.75. The first-order chi connectivity index (χ1) is 8.84. The Kier molecular flexibility index (Phi) is 3.40. The van der Waals surface area contributed by atoms with Crippen LogP contribution in [0.2, 0.25) is 0 Å². The Hall–Kier alpha value is -1.24. The van der Waals surface area contributed by atoms with Gasteiger partial charge in [0, 0.05) is 24.2 Å². The summed E-state index contributed by atoms with van der Waals surface area (Å²) in [6, 6.07) is 0.267. The maximum Gasteiger partial charge on any atom is 0.0794 e. The summed E-state index contributed by atoms with van der Waals surface area (Å²) in [6.45, 7) is 5.47. The van der Waals surface area contributed by atoms with Crippen LogP contribution in [0.5, 0.6) is 0 Å². The third-order valence-electron chi connectivity index (χ3n) is 3.28. The molecule has 0 bridgehead atoms. The van der Waals surface area contributed by atoms with Gasteiger partial charge >= 0.3 is 0 Å². The second-order valence-electron chi connectivity index (χ2n) is 4.50. The number of nitrogens with zero attached hydrogens (tertiary/aromatic N) is 3. The third-order valence-corrected chi connectivity index (χ3v) is 4.05. The minimum Gasteiger partial charge on any atom is -0.378 e. The summed E-state index contributed by atoms with van der Waals surface area (Å²) in [6.07, 6.45) is 3.81. The molecule has 18 heavy (non-hydrogen) atoms. The van der Waals surface area contributed by atoms with Crippen LogP contribution in [0.3, 0.4) is 0 Å². The zero-order valence-electron chi connectivity index (χ0n) is 10.3. The standard InChI is InChI=1S/C12H16N4OS/c1-9-4-14-15-12(9)11-7-17-3-2-16(11)6-10-5-13-8-18-10/h4-5,8,11H,2-3,6-7H2,1H3,(H,14,15)/t11-/m0/s1. The van der Waals surface area contributed by atoms with Crippen molar-refractivity contribution in [2.24, 2.45) is 0 Å². The molecule has 0 aromatic carbocycles. The molecule has 2 aromatic rings. The average Bonchev–Trinajstić information content (AvgIpc) is 3.02. The molecule has 5 nitrogen and oxygen atoms in total. The molecule has 0 unspecified atom stereocenters. The van der Waals surface area contributed by atoms with Gasteiger partial charge in [-0.2, -0.15) is 5.10 Å². The van der Waals surface area contributed by atoms with Crippen LogP contribution in [0.4, 0.5) is 0 Å². The number of thiazole rings is 1. The number of ether oxygens (including phenoxy) is 1. The molecule has 0 amide bonds. The zero-order valence-corrected chi connectivity index (χ0v) is 11.1. The van der Waals surface area contributed by atoms with E-state index in [0.29, 0.717) is 0 Å². The molecular formula is C12H16N4OS. The fraction of sp³-hybridized carbons (Fsp3) is 0.500. The molecule has 0 spiro atoms. The molecule has 0 aliphatic carbocycles. The summed E-state index contributed by atoms with van der Waals surface area (Å²) in [4.78, 5) is 7.85. The molecule has 2 aromatic heterocycles. The summed E-state index contributed by atoms with van der Waals surface area (Å²) < 4.78 is 5.61. The quantitative estimate of drug-likeness (QED) is 0.917. The van der Waals surface area contributed by atoms with Crippen molar-refractivity contribution in [1.29, 1.82) is 0 Å². The minimum atomic E-state index is 0.267. The van der Waals surface area contributed by atoms with Crippen LogP contribution in [0.15, 0.2) is 17.9 Å². The van der Waals surface area contributed by atoms with Crippen LogP contribution >= 0.6 is 11.3 Å². The van der Waals surface area contributed by atoms with Crippen LogP contribution in [-0.4, -0.2) is 39.8 Å². The Balaban J connectivity index is 1.80. The van der Waals surface area contributed by atoms with Gasteiger partial charge in [-0.3, -0.25) is 15.0 Å². The Morgan fingerprint density at radius 1 is 1.56 bits per heavy atom. The Morgan fingerprint density at radius 3 is 3.22 bits per heavy atom. The SMILES string of the molecule is Cc1cn[nH]c1[C@@H]1COCCN1Cc1cncs1. The number of morpholine rings is 1. The van der Waals surface area contributed by atoms with E-state index in [1.165, 1.54) is 16.1 Å². The van der Waals surface area contributed by atoms with Crippen molar-refractivity contribution in [1.82, 2.24) is 20.1 Å². The summed E-state index contributed by atoms with van der Waals surface area (Å²) in [5, 5.41) is 7.21. The number of aromatic nitrogens is 3. The monoisotopic (exact) mass is 264 g/mol. The molecule has 6 heteroatoms. The number of hydrogen-bond donors (Lipinski definition) is 1. The van der Waals surface area contributed by atoms with Crippen LogP contribution in [0.1, 0.15) is 22.2 Å². The highest BCUT2D eigenvalue weighted by Crippen LogP contribution is 2.27. The first kappa shape index (κ1) is 11.8. The smallest absolute Gasteiger partial charge is 0.0794 e. The molecule has 1 saturated heterocycles. The van der Waals surface area contributed by atoms with Gasteiger partial charge in [-0.05, 0) is 12.5 Å². The van der Waals surface area contributed by atoms with E-state index in [4.69, 9.17) is 4.74 Å². The molecule has 3 heterocycles. The van der Waals surface area contributed by atoms with E-state index in [0.717, 1.165) is 26.3 Å². The van der Waals surface area contributed by atoms with Gasteiger partial charge in [0.25, 0.3) is 0 Å². The fourth-order valence-electron chi connectivity index (χ4n) is 2.31. The largest absolute Gasteiger partial charge is 0.378 e. The Bertz CT molecular complexity index is 496. The van der Waals surface area contributed by atoms with Crippen LogP contribution in [-0.2, 0) is 11.3 Å². The lowest BCUT2D eigenvalue weighted by molar-refractivity contribution is -0.0140. The lowest BCUT2D eigenvalue weighted by Gasteiger charge is -2.34. The van der Waals surface area contributed by atoms with E-state index in [1.807, 2.05) is 17.9 Å². The first-order valence-electron chi connectivity index (χ1n) is 6.03. The average molecular weight is 264 g/mol. The van der Waals surface area contributed by atoms with Crippen molar-refractivity contribution in [3.05, 3.63) is 34.0 Å². The summed E-state index contributed by atoms with van der Waals surface area (Å²) in [5.41, 5.74) is 4.24. The molecule has 1 aliphatic heterocycles. The maximum absolute atomic E-state index is 5.61. The highest BCUT2D eigenvalue weighted by molar-refractivity contribution is 7.09. The number of hydrogen-bond acceptors (Lipinski definition) is 5. The highest BCUT2D eigenvalue weighted by atomic mass is 32.1. The predicted molar refractivity (Wildman–Crippen MR) is 69.4 cm³/mol. The van der Waals surface area contributed by atoms with Gasteiger partial charge in [0.2, 0.25) is 0 Å². The molecule has 1 aliphatic rings. The van der Waals surface area contributed by atoms with Crippen molar-refractivity contribution in [3.8, 4) is 0 Å². The van der Waals surface area contributed by atoms with Gasteiger partial charge in [-0.1, -0.05) is 0 Å². The van der Waals surface area contributed by atoms with Gasteiger partial charge in [0.15, 0.2) is 0 Å². The molecule has 1 fully saturated rings. The van der Waals surface area contributed by atoms with Gasteiger partial charge in [-0.25, -0.2) is 0 Å². The van der Waals surface area contributed by atoms with E-state index in [9.17, 15) is 0 Å². The molecule has 1 atom stereocenters. The van der Waals surface area contributed by atoms with Crippen LogP contribution < -0.4 is 0 Å². The second-order valence-corrected chi connectivity index (χ2v) is 5.47. The van der Waals surface area contributed by atoms with Gasteiger partial charge in [-0.15, -0.1) is 11.3 Å². The van der Waals surface area contributed by atoms with Crippen molar-refractivity contribution in [3.63, 3.8) is 0 Å². The number of aromatic amines is 1. The van der Waals surface area contributed by atoms with E-state index >= 15 is 0 Å². The molecule has 0 saturated carbocycles. The van der Waals surface area contributed by atoms with Crippen molar-refractivity contribution in [2.75, 3.05) is 19.8 Å². The Morgan fingerprint density at radius 2 is 2.50 bits per heavy atom. The second kappa shape index (κ2) is 5.17. The number of nitrogens with one attached hydrogen (secondary N) is 1. The van der Waals surface area contributed by atoms with Crippen molar-refractivity contribution >= 4 is 11.3 Å². The maximum atomic E-state index is 5.61. The number of H-pyrrole nitrogens is 1. The Labute approximate surface area is 110 Å². The van der Waals surface area contributed by atoms with E-state index in [2.05, 4.69) is 27.0 Å². The van der Waals surface area contributed by atoms with Crippen molar-refractivity contribution in [2.45, 2.75) is 19.5 Å². The van der Waals surface area contributed by atoms with Gasteiger partial charge in [0.1, 0.15) is 0 Å². The topological polar surface area (TPSA) is 54.0 Å². The third kappa shape index (κ3) is 2.31. The first-order valence-corrected chi connectivity index (χ1v) is 6.91. The van der Waals surface area contributed by atoms with Crippen LogP contribution in [0, 0.1) is 6.92 Å². The highest BCUT2D eigenvalue weighted by Gasteiger charge is 2.27. The zero-order chi connectivity index (χ0) is 12.4. The van der Waals surface area contributed by atoms with E-state index in [-0.39, 0.29) is 6.04 Å². The lowest BCUT2D eigenvalue weighted by Crippen LogP contribution is -2.39.